The fourth-order valence-corrected chi connectivity index (χ4v) is 4.22. The molecule has 122 valence electrons. The minimum atomic E-state index is 0. The first-order chi connectivity index (χ1) is 10.4. The number of hydrogen-bond donors (Lipinski definition) is 1. The van der Waals surface area contributed by atoms with E-state index in [0.29, 0.717) is 0 Å². The van der Waals surface area contributed by atoms with Crippen molar-refractivity contribution in [2.75, 3.05) is 39.3 Å². The molecule has 22 heavy (non-hydrogen) atoms. The van der Waals surface area contributed by atoms with Crippen LogP contribution in [-0.4, -0.2) is 55.1 Å². The first-order valence-electron chi connectivity index (χ1n) is 8.66. The topological polar surface area (TPSA) is 18.5 Å². The molecule has 1 unspecified atom stereocenters. The molecule has 0 bridgehead atoms. The minimum Gasteiger partial charge on any atom is -0.315 e. The molecule has 1 aromatic rings. The molecular formula is C18H28ClN3. The average Bonchev–Trinajstić information content (AvgIpc) is 3.19. The van der Waals surface area contributed by atoms with E-state index in [0.717, 1.165) is 12.6 Å². The molecular weight excluding hydrogens is 294 g/mol. The van der Waals surface area contributed by atoms with Crippen molar-refractivity contribution in [3.8, 4) is 0 Å². The Morgan fingerprint density at radius 1 is 1.05 bits per heavy atom. The summed E-state index contributed by atoms with van der Waals surface area (Å²) in [7, 11) is 0. The summed E-state index contributed by atoms with van der Waals surface area (Å²) in [5.74, 6) is 0. The second-order valence-electron chi connectivity index (χ2n) is 6.92. The fourth-order valence-electron chi connectivity index (χ4n) is 4.22. The Hall–Kier alpha value is -0.610. The van der Waals surface area contributed by atoms with Crippen LogP contribution in [0.2, 0.25) is 0 Å². The summed E-state index contributed by atoms with van der Waals surface area (Å²) in [6, 6.07) is 8.00. The molecule has 0 amide bonds. The van der Waals surface area contributed by atoms with Gasteiger partial charge in [-0.2, -0.15) is 0 Å². The Bertz CT molecular complexity index is 491. The highest BCUT2D eigenvalue weighted by atomic mass is 35.5. The zero-order valence-electron chi connectivity index (χ0n) is 13.4. The Morgan fingerprint density at radius 3 is 2.64 bits per heavy atom. The predicted molar refractivity (Wildman–Crippen MR) is 93.8 cm³/mol. The van der Waals surface area contributed by atoms with E-state index in [4.69, 9.17) is 0 Å². The molecule has 4 rings (SSSR count). The Morgan fingerprint density at radius 2 is 1.86 bits per heavy atom. The maximum absolute atomic E-state index is 3.49. The average molecular weight is 322 g/mol. The van der Waals surface area contributed by atoms with Crippen LogP contribution >= 0.6 is 12.4 Å². The van der Waals surface area contributed by atoms with Gasteiger partial charge >= 0.3 is 0 Å². The normalized spacial score (nSPS) is 25.9. The van der Waals surface area contributed by atoms with E-state index in [2.05, 4.69) is 33.3 Å². The van der Waals surface area contributed by atoms with Crippen LogP contribution in [0, 0.1) is 0 Å². The molecule has 0 aromatic heterocycles. The number of aryl methyl sites for hydroxylation is 2. The summed E-state index contributed by atoms with van der Waals surface area (Å²) in [4.78, 5) is 5.33. The molecule has 3 aliphatic rings. The van der Waals surface area contributed by atoms with E-state index in [-0.39, 0.29) is 12.4 Å². The number of fused-ring (bicyclic) bond motifs is 1. The second-order valence-corrected chi connectivity index (χ2v) is 6.92. The van der Waals surface area contributed by atoms with Gasteiger partial charge in [0.25, 0.3) is 0 Å². The van der Waals surface area contributed by atoms with Gasteiger partial charge in [0, 0.05) is 45.3 Å². The highest BCUT2D eigenvalue weighted by Gasteiger charge is 2.26. The zero-order chi connectivity index (χ0) is 14.1. The van der Waals surface area contributed by atoms with Crippen LogP contribution in [0.1, 0.15) is 29.5 Å². The van der Waals surface area contributed by atoms with Gasteiger partial charge in [0.1, 0.15) is 0 Å². The van der Waals surface area contributed by atoms with Gasteiger partial charge in [-0.15, -0.1) is 12.4 Å². The number of nitrogens with one attached hydrogen (secondary N) is 1. The highest BCUT2D eigenvalue weighted by Crippen LogP contribution is 2.23. The molecule has 2 aliphatic heterocycles. The van der Waals surface area contributed by atoms with Crippen LogP contribution in [0.5, 0.6) is 0 Å². The third-order valence-corrected chi connectivity index (χ3v) is 5.53. The molecule has 4 heteroatoms. The number of benzene rings is 1. The van der Waals surface area contributed by atoms with Crippen LogP contribution in [0.4, 0.5) is 0 Å². The molecule has 1 N–H and O–H groups in total. The Labute approximate surface area is 140 Å². The lowest BCUT2D eigenvalue weighted by atomic mass is 10.1. The molecule has 1 aromatic carbocycles. The number of piperazine rings is 1. The number of hydrogen-bond acceptors (Lipinski definition) is 3. The quantitative estimate of drug-likeness (QED) is 0.919. The van der Waals surface area contributed by atoms with Gasteiger partial charge in [-0.25, -0.2) is 0 Å². The first kappa shape index (κ1) is 16.3. The van der Waals surface area contributed by atoms with Gasteiger partial charge in [0.2, 0.25) is 0 Å². The van der Waals surface area contributed by atoms with Crippen LogP contribution in [-0.2, 0) is 19.4 Å². The van der Waals surface area contributed by atoms with E-state index in [1.807, 2.05) is 0 Å². The van der Waals surface area contributed by atoms with Gasteiger partial charge in [0.05, 0.1) is 0 Å². The SMILES string of the molecule is Cl.c1cc2c(cc1CN1CCN(C3CCNC3)CC1)CCC2. The third kappa shape index (κ3) is 3.48. The van der Waals surface area contributed by atoms with Crippen molar-refractivity contribution in [3.63, 3.8) is 0 Å². The summed E-state index contributed by atoms with van der Waals surface area (Å²) >= 11 is 0. The van der Waals surface area contributed by atoms with E-state index in [1.54, 1.807) is 11.1 Å². The maximum Gasteiger partial charge on any atom is 0.0234 e. The Kier molecular flexibility index (Phi) is 5.40. The lowest BCUT2D eigenvalue weighted by Crippen LogP contribution is -2.50. The van der Waals surface area contributed by atoms with Crippen molar-refractivity contribution in [1.82, 2.24) is 15.1 Å². The highest BCUT2D eigenvalue weighted by molar-refractivity contribution is 5.85. The van der Waals surface area contributed by atoms with Gasteiger partial charge in [0.15, 0.2) is 0 Å². The zero-order valence-corrected chi connectivity index (χ0v) is 14.2. The summed E-state index contributed by atoms with van der Waals surface area (Å²) in [5, 5.41) is 3.49. The lowest BCUT2D eigenvalue weighted by Gasteiger charge is -2.37. The van der Waals surface area contributed by atoms with Crippen molar-refractivity contribution in [3.05, 3.63) is 34.9 Å². The van der Waals surface area contributed by atoms with E-state index >= 15 is 0 Å². The minimum absolute atomic E-state index is 0. The molecule has 1 aliphatic carbocycles. The molecule has 0 saturated carbocycles. The molecule has 0 spiro atoms. The van der Waals surface area contributed by atoms with Crippen molar-refractivity contribution in [2.24, 2.45) is 0 Å². The van der Waals surface area contributed by atoms with Crippen LogP contribution in [0.3, 0.4) is 0 Å². The van der Waals surface area contributed by atoms with Gasteiger partial charge in [-0.05, 0) is 48.9 Å². The molecule has 3 nitrogen and oxygen atoms in total. The van der Waals surface area contributed by atoms with Crippen molar-refractivity contribution in [2.45, 2.75) is 38.3 Å². The van der Waals surface area contributed by atoms with Crippen molar-refractivity contribution >= 4 is 12.4 Å². The second kappa shape index (κ2) is 7.31. The molecule has 2 heterocycles. The first-order valence-corrected chi connectivity index (χ1v) is 8.66. The smallest absolute Gasteiger partial charge is 0.0234 e. The lowest BCUT2D eigenvalue weighted by molar-refractivity contribution is 0.0981. The van der Waals surface area contributed by atoms with Crippen LogP contribution < -0.4 is 5.32 Å². The van der Waals surface area contributed by atoms with Crippen LogP contribution in [0.15, 0.2) is 18.2 Å². The standard InChI is InChI=1S/C18H27N3.ClH/c1-2-16-5-4-15(12-17(16)3-1)14-20-8-10-21(11-9-20)18-6-7-19-13-18;/h4-5,12,18-19H,1-3,6-11,13-14H2;1H. The largest absolute Gasteiger partial charge is 0.315 e. The van der Waals surface area contributed by atoms with E-state index in [9.17, 15) is 0 Å². The van der Waals surface area contributed by atoms with Crippen molar-refractivity contribution in [1.29, 1.82) is 0 Å². The monoisotopic (exact) mass is 321 g/mol. The van der Waals surface area contributed by atoms with E-state index in [1.165, 1.54) is 70.5 Å². The molecule has 2 fully saturated rings. The summed E-state index contributed by atoms with van der Waals surface area (Å²) in [6.45, 7) is 8.50. The predicted octanol–water partition coefficient (Wildman–Crippen LogP) is 2.08. The molecule has 0 radical (unpaired) electrons. The summed E-state index contributed by atoms with van der Waals surface area (Å²) in [6.07, 6.45) is 5.28. The van der Waals surface area contributed by atoms with Gasteiger partial charge < -0.3 is 5.32 Å². The molecule has 1 atom stereocenters. The number of halogens is 1. The molecule has 2 saturated heterocycles. The van der Waals surface area contributed by atoms with E-state index < -0.39 is 0 Å². The van der Waals surface area contributed by atoms with Gasteiger partial charge in [-0.3, -0.25) is 9.80 Å². The van der Waals surface area contributed by atoms with Gasteiger partial charge in [-0.1, -0.05) is 18.2 Å². The van der Waals surface area contributed by atoms with Crippen LogP contribution in [0.25, 0.3) is 0 Å². The maximum atomic E-state index is 3.49. The summed E-state index contributed by atoms with van der Waals surface area (Å²) in [5.41, 5.74) is 4.73. The summed E-state index contributed by atoms with van der Waals surface area (Å²) < 4.78 is 0. The Balaban J connectivity index is 0.00000144. The fraction of sp³-hybridized carbons (Fsp3) is 0.667. The number of rotatable bonds is 3. The number of nitrogens with zero attached hydrogens (tertiary/aromatic N) is 2. The van der Waals surface area contributed by atoms with Crippen molar-refractivity contribution < 1.29 is 0 Å². The third-order valence-electron chi connectivity index (χ3n) is 5.53.